The number of nitrogens with two attached hydrogens (primary N) is 1. The highest BCUT2D eigenvalue weighted by Gasteiger charge is 2.37. The Morgan fingerprint density at radius 3 is 3.04 bits per heavy atom. The molecule has 0 spiro atoms. The third kappa shape index (κ3) is 2.85. The third-order valence-corrected chi connectivity index (χ3v) is 4.70. The quantitative estimate of drug-likeness (QED) is 0.601. The fourth-order valence-corrected chi connectivity index (χ4v) is 3.57. The lowest BCUT2D eigenvalue weighted by Crippen LogP contribution is -2.25. The van der Waals surface area contributed by atoms with Gasteiger partial charge >= 0.3 is 10.8 Å². The number of aromatic amines is 1. The Labute approximate surface area is 139 Å². The molecule has 0 unspecified atom stereocenters. The van der Waals surface area contributed by atoms with Gasteiger partial charge < -0.3 is 15.2 Å². The first-order chi connectivity index (χ1) is 11.4. The average Bonchev–Trinajstić information content (AvgIpc) is 3.05. The fraction of sp³-hybridized carbons (Fsp3) is 0.429. The van der Waals surface area contributed by atoms with Crippen molar-refractivity contribution < 1.29 is 14.3 Å². The van der Waals surface area contributed by atoms with Crippen LogP contribution < -0.4 is 16.2 Å². The lowest BCUT2D eigenvalue weighted by molar-refractivity contribution is -0.145. The van der Waals surface area contributed by atoms with Crippen molar-refractivity contribution in [2.24, 2.45) is 5.92 Å². The van der Waals surface area contributed by atoms with Gasteiger partial charge in [0.25, 0.3) is 5.56 Å². The molecule has 3 atom stereocenters. The van der Waals surface area contributed by atoms with E-state index in [1.807, 2.05) is 0 Å². The predicted octanol–water partition coefficient (Wildman–Crippen LogP) is 0.381. The normalized spacial score (nSPS) is 23.5. The van der Waals surface area contributed by atoms with E-state index in [4.69, 9.17) is 15.2 Å². The van der Waals surface area contributed by atoms with Gasteiger partial charge in [0.1, 0.15) is 17.5 Å². The fourth-order valence-electron chi connectivity index (χ4n) is 2.73. The number of aromatic nitrogens is 3. The first-order valence-electron chi connectivity index (χ1n) is 7.23. The van der Waals surface area contributed by atoms with E-state index in [9.17, 15) is 14.4 Å². The maximum Gasteiger partial charge on any atom is 0.311 e. The Bertz CT molecular complexity index is 914. The van der Waals surface area contributed by atoms with Crippen LogP contribution >= 0.6 is 11.3 Å². The largest absolute Gasteiger partial charge is 0.463 e. The Morgan fingerprint density at radius 1 is 1.62 bits per heavy atom. The molecule has 0 aliphatic carbocycles. The molecule has 2 aromatic rings. The van der Waals surface area contributed by atoms with Gasteiger partial charge in [0.15, 0.2) is 5.65 Å². The monoisotopic (exact) mass is 352 g/mol. The highest BCUT2D eigenvalue weighted by atomic mass is 32.1. The second-order valence-corrected chi connectivity index (χ2v) is 6.39. The summed E-state index contributed by atoms with van der Waals surface area (Å²) < 4.78 is 12.3. The van der Waals surface area contributed by atoms with Crippen molar-refractivity contribution in [1.29, 1.82) is 0 Å². The van der Waals surface area contributed by atoms with E-state index < -0.39 is 17.8 Å². The second kappa shape index (κ2) is 6.21. The maximum absolute atomic E-state index is 12.4. The highest BCUT2D eigenvalue weighted by molar-refractivity contribution is 7.16. The molecule has 1 aliphatic heterocycles. The van der Waals surface area contributed by atoms with Crippen molar-refractivity contribution in [3.8, 4) is 0 Å². The van der Waals surface area contributed by atoms with Crippen LogP contribution in [-0.4, -0.2) is 33.2 Å². The molecule has 3 rings (SSSR count). The topological polar surface area (TPSA) is 129 Å². The van der Waals surface area contributed by atoms with Crippen LogP contribution in [0.4, 0.5) is 5.95 Å². The summed E-state index contributed by atoms with van der Waals surface area (Å²) >= 11 is 0.779. The highest BCUT2D eigenvalue weighted by Crippen LogP contribution is 2.36. The molecule has 3 heterocycles. The number of nitrogens with one attached hydrogen (secondary N) is 1. The van der Waals surface area contributed by atoms with Crippen LogP contribution in [0.1, 0.15) is 19.6 Å². The smallest absolute Gasteiger partial charge is 0.311 e. The minimum atomic E-state index is -0.682. The third-order valence-electron chi connectivity index (χ3n) is 3.75. The summed E-state index contributed by atoms with van der Waals surface area (Å²) in [4.78, 5) is 41.3. The van der Waals surface area contributed by atoms with Gasteiger partial charge in [-0.25, -0.2) is 0 Å². The summed E-state index contributed by atoms with van der Waals surface area (Å²) in [7, 11) is 0. The number of thiazole rings is 1. The van der Waals surface area contributed by atoms with E-state index in [1.165, 1.54) is 11.5 Å². The number of nitrogen functional groups attached to an aromatic ring is 1. The molecule has 0 aromatic carbocycles. The molecule has 0 amide bonds. The van der Waals surface area contributed by atoms with Gasteiger partial charge in [-0.2, -0.15) is 4.98 Å². The van der Waals surface area contributed by atoms with E-state index in [2.05, 4.69) is 16.5 Å². The number of carbonyl (C=O) groups is 1. The number of hydrogen-bond acceptors (Lipinski definition) is 8. The number of rotatable bonds is 4. The van der Waals surface area contributed by atoms with Gasteiger partial charge in [-0.05, 0) is 6.42 Å². The van der Waals surface area contributed by atoms with Gasteiger partial charge in [0.2, 0.25) is 5.95 Å². The Morgan fingerprint density at radius 2 is 2.38 bits per heavy atom. The molecule has 9 nitrogen and oxygen atoms in total. The zero-order chi connectivity index (χ0) is 17.4. The van der Waals surface area contributed by atoms with Gasteiger partial charge in [0, 0.05) is 12.8 Å². The number of nitrogens with zero attached hydrogens (tertiary/aromatic N) is 2. The Kier molecular flexibility index (Phi) is 4.24. The minimum absolute atomic E-state index is 0.0799. The summed E-state index contributed by atoms with van der Waals surface area (Å²) in [6.07, 6.45) is 1.15. The molecule has 2 aromatic heterocycles. The van der Waals surface area contributed by atoms with Crippen LogP contribution in [0.5, 0.6) is 0 Å². The van der Waals surface area contributed by atoms with Crippen molar-refractivity contribution in [1.82, 2.24) is 14.5 Å². The van der Waals surface area contributed by atoms with Gasteiger partial charge in [0.05, 0.1) is 6.10 Å². The number of ether oxygens (including phenoxy) is 2. The summed E-state index contributed by atoms with van der Waals surface area (Å²) in [6.45, 7) is 5.16. The summed E-state index contributed by atoms with van der Waals surface area (Å²) in [5, 5.41) is 0. The van der Waals surface area contributed by atoms with Crippen molar-refractivity contribution in [2.75, 3.05) is 12.3 Å². The first kappa shape index (κ1) is 16.4. The molecule has 1 saturated heterocycles. The van der Waals surface area contributed by atoms with E-state index >= 15 is 0 Å². The molecule has 128 valence electrons. The second-order valence-electron chi connectivity index (χ2n) is 5.43. The minimum Gasteiger partial charge on any atom is -0.463 e. The molecular weight excluding hydrogens is 336 g/mol. The number of carbonyl (C=O) groups excluding carboxylic acids is 1. The molecule has 0 saturated carbocycles. The molecule has 3 N–H and O–H groups in total. The SMILES string of the molecule is C=C[C@@H]1C[C@@H](COC(C)=O)O[C@H]1n1c(=O)sc2c(=O)[nH]c(N)nc21. The van der Waals surface area contributed by atoms with E-state index in [0.717, 1.165) is 11.3 Å². The number of fused-ring (bicyclic) bond motifs is 1. The molecule has 0 bridgehead atoms. The van der Waals surface area contributed by atoms with E-state index in [1.54, 1.807) is 6.08 Å². The van der Waals surface area contributed by atoms with Crippen molar-refractivity contribution in [3.05, 3.63) is 32.7 Å². The molecule has 24 heavy (non-hydrogen) atoms. The predicted molar refractivity (Wildman–Crippen MR) is 87.8 cm³/mol. The number of hydrogen-bond donors (Lipinski definition) is 2. The summed E-state index contributed by atoms with van der Waals surface area (Å²) in [5.41, 5.74) is 5.29. The lowest BCUT2D eigenvalue weighted by atomic mass is 10.0. The van der Waals surface area contributed by atoms with Gasteiger partial charge in [-0.15, -0.1) is 6.58 Å². The molecular formula is C14H16N4O5S. The molecule has 10 heteroatoms. The van der Waals surface area contributed by atoms with Crippen molar-refractivity contribution >= 4 is 33.6 Å². The van der Waals surface area contributed by atoms with Gasteiger partial charge in [-0.1, -0.05) is 17.4 Å². The number of esters is 1. The van der Waals surface area contributed by atoms with E-state index in [0.29, 0.717) is 6.42 Å². The van der Waals surface area contributed by atoms with Crippen LogP contribution in [-0.2, 0) is 14.3 Å². The summed E-state index contributed by atoms with van der Waals surface area (Å²) in [5.74, 6) is -0.677. The van der Waals surface area contributed by atoms with E-state index in [-0.39, 0.29) is 39.8 Å². The zero-order valence-corrected chi connectivity index (χ0v) is 13.7. The van der Waals surface area contributed by atoms with Gasteiger partial charge in [-0.3, -0.25) is 23.9 Å². The van der Waals surface area contributed by atoms with Crippen molar-refractivity contribution in [2.45, 2.75) is 25.7 Å². The molecule has 0 radical (unpaired) electrons. The van der Waals surface area contributed by atoms with Crippen molar-refractivity contribution in [3.63, 3.8) is 0 Å². The maximum atomic E-state index is 12.4. The molecule has 1 fully saturated rings. The Hall–Kier alpha value is -2.46. The Balaban J connectivity index is 2.01. The van der Waals surface area contributed by atoms with Crippen LogP contribution in [0.15, 0.2) is 22.2 Å². The summed E-state index contributed by atoms with van der Waals surface area (Å²) in [6, 6.07) is 0. The first-order valence-corrected chi connectivity index (χ1v) is 8.04. The van der Waals surface area contributed by atoms with Crippen LogP contribution in [0.3, 0.4) is 0 Å². The lowest BCUT2D eigenvalue weighted by Gasteiger charge is -2.17. The zero-order valence-electron chi connectivity index (χ0n) is 12.9. The number of H-pyrrole nitrogens is 1. The van der Waals surface area contributed by atoms with Crippen LogP contribution in [0, 0.1) is 5.92 Å². The average molecular weight is 352 g/mol. The standard InChI is InChI=1S/C14H16N4O5S/c1-3-7-4-8(5-22-6(2)19)23-12(7)18-10-9(24-14(18)21)11(20)17-13(15)16-10/h3,7-8,12H,1,4-5H2,2H3,(H3,15,16,17,20)/t7-,8+,12-/m1/s1. The van der Waals surface area contributed by atoms with Crippen LogP contribution in [0.25, 0.3) is 10.3 Å². The van der Waals surface area contributed by atoms with Crippen LogP contribution in [0.2, 0.25) is 0 Å². The number of anilines is 1. The molecule has 1 aliphatic rings.